The van der Waals surface area contributed by atoms with E-state index in [-0.39, 0.29) is 17.7 Å². The number of benzene rings is 2. The molecule has 0 unspecified atom stereocenters. The van der Waals surface area contributed by atoms with Crippen molar-refractivity contribution in [1.29, 1.82) is 0 Å². The van der Waals surface area contributed by atoms with Gasteiger partial charge in [-0.05, 0) is 42.2 Å². The van der Waals surface area contributed by atoms with Crippen molar-refractivity contribution in [3.8, 4) is 0 Å². The Balaban J connectivity index is 1.61. The Morgan fingerprint density at radius 1 is 1.14 bits per heavy atom. The Morgan fingerprint density at radius 2 is 1.97 bits per heavy atom. The Bertz CT molecular complexity index is 1230. The maximum Gasteiger partial charge on any atom is 0.194 e. The second-order valence-electron chi connectivity index (χ2n) is 10.1. The summed E-state index contributed by atoms with van der Waals surface area (Å²) >= 11 is 0. The minimum atomic E-state index is -1.39. The van der Waals surface area contributed by atoms with Crippen LogP contribution in [0.25, 0.3) is 10.9 Å². The Hall–Kier alpha value is -2.70. The van der Waals surface area contributed by atoms with Gasteiger partial charge in [-0.25, -0.2) is 13.2 Å². The molecule has 3 nitrogen and oxygen atoms in total. The van der Waals surface area contributed by atoms with Gasteiger partial charge in [-0.1, -0.05) is 31.2 Å². The number of ether oxygens (including phenoxy) is 1. The summed E-state index contributed by atoms with van der Waals surface area (Å²) in [5.41, 5.74) is 2.19. The molecular formula is C29H32F3N2O+. The number of rotatable bonds is 8. The lowest BCUT2D eigenvalue weighted by molar-refractivity contribution is -0.986. The van der Waals surface area contributed by atoms with Gasteiger partial charge < -0.3 is 9.22 Å². The van der Waals surface area contributed by atoms with Crippen LogP contribution in [0.1, 0.15) is 43.4 Å². The van der Waals surface area contributed by atoms with Crippen molar-refractivity contribution in [1.82, 2.24) is 4.98 Å². The first-order chi connectivity index (χ1) is 17.0. The van der Waals surface area contributed by atoms with E-state index in [0.29, 0.717) is 29.5 Å². The highest BCUT2D eigenvalue weighted by Gasteiger charge is 2.55. The molecule has 3 saturated heterocycles. The second kappa shape index (κ2) is 9.75. The van der Waals surface area contributed by atoms with E-state index in [4.69, 9.17) is 4.74 Å². The van der Waals surface area contributed by atoms with Gasteiger partial charge in [-0.15, -0.1) is 6.58 Å². The minimum absolute atomic E-state index is 0.0508. The third kappa shape index (κ3) is 4.27. The van der Waals surface area contributed by atoms with Gasteiger partial charge in [0.15, 0.2) is 17.5 Å². The van der Waals surface area contributed by atoms with E-state index in [9.17, 15) is 13.2 Å². The number of hydrogen-bond acceptors (Lipinski definition) is 2. The van der Waals surface area contributed by atoms with Crippen LogP contribution in [0.3, 0.4) is 0 Å². The fourth-order valence-electron chi connectivity index (χ4n) is 6.62. The number of piperidine rings is 3. The van der Waals surface area contributed by atoms with Gasteiger partial charge in [-0.2, -0.15) is 0 Å². The molecule has 2 aromatic carbocycles. The van der Waals surface area contributed by atoms with Crippen LogP contribution in [-0.4, -0.2) is 35.2 Å². The Morgan fingerprint density at radius 3 is 2.77 bits per heavy atom. The van der Waals surface area contributed by atoms with Crippen LogP contribution in [0.2, 0.25) is 0 Å². The van der Waals surface area contributed by atoms with Crippen molar-refractivity contribution in [3.05, 3.63) is 89.9 Å². The molecule has 3 aliphatic heterocycles. The van der Waals surface area contributed by atoms with E-state index in [2.05, 4.69) is 24.6 Å². The van der Waals surface area contributed by atoms with Crippen LogP contribution in [0, 0.1) is 29.3 Å². The predicted molar refractivity (Wildman–Crippen MR) is 131 cm³/mol. The molecule has 0 aliphatic carbocycles. The monoisotopic (exact) mass is 481 g/mol. The Kier molecular flexibility index (Phi) is 6.69. The summed E-state index contributed by atoms with van der Waals surface area (Å²) in [6.45, 7) is 8.50. The van der Waals surface area contributed by atoms with E-state index in [1.807, 2.05) is 30.5 Å². The standard InChI is InChI=1S/C29H32F3N2O/c1-3-15-35-29(23-11-13-33-25-8-6-5-7-22(23)25)26-16-20-12-14-34(26,17-19(20)4-2)18-21-9-10-24(30)28(32)27(21)31/h3,5-11,13,19-20,26,29H,1,4,12,14-18H2,2H3/q+1/t19-,20-,26+,29+,34-/m0/s1. The number of quaternary nitrogens is 1. The second-order valence-corrected chi connectivity index (χ2v) is 10.1. The average Bonchev–Trinajstić information content (AvgIpc) is 2.89. The van der Waals surface area contributed by atoms with Crippen LogP contribution >= 0.6 is 0 Å². The summed E-state index contributed by atoms with van der Waals surface area (Å²) in [7, 11) is 0. The van der Waals surface area contributed by atoms with Crippen molar-refractivity contribution in [2.24, 2.45) is 11.8 Å². The molecular weight excluding hydrogens is 449 g/mol. The van der Waals surface area contributed by atoms with Crippen molar-refractivity contribution in [2.45, 2.75) is 44.9 Å². The third-order valence-electron chi connectivity index (χ3n) is 8.31. The summed E-state index contributed by atoms with van der Waals surface area (Å²) in [6, 6.07) is 12.5. The van der Waals surface area contributed by atoms with Crippen molar-refractivity contribution >= 4 is 10.9 Å². The highest BCUT2D eigenvalue weighted by Crippen LogP contribution is 2.49. The van der Waals surface area contributed by atoms with Crippen LogP contribution in [0.4, 0.5) is 13.2 Å². The molecule has 1 aromatic heterocycles. The molecule has 3 aliphatic rings. The quantitative estimate of drug-likeness (QED) is 0.202. The molecule has 2 bridgehead atoms. The number of nitrogens with zero attached hydrogens (tertiary/aromatic N) is 2. The van der Waals surface area contributed by atoms with Crippen molar-refractivity contribution in [2.75, 3.05) is 19.7 Å². The van der Waals surface area contributed by atoms with Gasteiger partial charge in [0, 0.05) is 35.9 Å². The van der Waals surface area contributed by atoms with Gasteiger partial charge in [0.25, 0.3) is 0 Å². The molecule has 0 radical (unpaired) electrons. The lowest BCUT2D eigenvalue weighted by atomic mass is 9.70. The number of halogens is 3. The average molecular weight is 482 g/mol. The molecule has 5 atom stereocenters. The first-order valence-corrected chi connectivity index (χ1v) is 12.5. The normalized spacial score (nSPS) is 26.7. The van der Waals surface area contributed by atoms with Gasteiger partial charge in [-0.3, -0.25) is 4.98 Å². The number of pyridine rings is 1. The van der Waals surface area contributed by atoms with Crippen molar-refractivity contribution < 1.29 is 22.4 Å². The lowest BCUT2D eigenvalue weighted by Gasteiger charge is -2.59. The van der Waals surface area contributed by atoms with Crippen LogP contribution in [0.15, 0.2) is 61.3 Å². The molecule has 0 amide bonds. The summed E-state index contributed by atoms with van der Waals surface area (Å²) < 4.78 is 49.9. The molecule has 3 aromatic rings. The smallest absolute Gasteiger partial charge is 0.194 e. The highest BCUT2D eigenvalue weighted by atomic mass is 19.2. The van der Waals surface area contributed by atoms with Crippen LogP contribution in [0.5, 0.6) is 0 Å². The summed E-state index contributed by atoms with van der Waals surface area (Å²) in [6.07, 6.45) is 6.35. The van der Waals surface area contributed by atoms with Gasteiger partial charge in [0.2, 0.25) is 0 Å². The number of hydrogen-bond donors (Lipinski definition) is 0. The molecule has 4 heterocycles. The van der Waals surface area contributed by atoms with Crippen LogP contribution < -0.4 is 0 Å². The van der Waals surface area contributed by atoms with E-state index < -0.39 is 17.5 Å². The SMILES string of the molecule is C=CCO[C@H](c1ccnc2ccccc12)[C@H]1C[C@@H]2CC[N@@+]1(Cc1ccc(F)c(F)c1F)C[C@@H]2CC. The zero-order chi connectivity index (χ0) is 24.6. The van der Waals surface area contributed by atoms with E-state index in [1.54, 1.807) is 6.08 Å². The van der Waals surface area contributed by atoms with Crippen molar-refractivity contribution in [3.63, 3.8) is 0 Å². The molecule has 3 fully saturated rings. The summed E-state index contributed by atoms with van der Waals surface area (Å²) in [4.78, 5) is 4.53. The maximum absolute atomic E-state index is 14.9. The third-order valence-corrected chi connectivity index (χ3v) is 8.31. The largest absolute Gasteiger partial charge is 0.363 e. The van der Waals surface area contributed by atoms with E-state index >= 15 is 0 Å². The van der Waals surface area contributed by atoms with Crippen LogP contribution in [-0.2, 0) is 11.3 Å². The summed E-state index contributed by atoms with van der Waals surface area (Å²) in [5, 5.41) is 1.04. The maximum atomic E-state index is 14.9. The first-order valence-electron chi connectivity index (χ1n) is 12.5. The first kappa shape index (κ1) is 24.0. The molecule has 0 saturated carbocycles. The number of aromatic nitrogens is 1. The number of fused-ring (bicyclic) bond motifs is 4. The topological polar surface area (TPSA) is 22.1 Å². The van der Waals surface area contributed by atoms with E-state index in [1.165, 1.54) is 6.07 Å². The fraction of sp³-hybridized carbons (Fsp3) is 0.414. The zero-order valence-corrected chi connectivity index (χ0v) is 20.1. The molecule has 0 spiro atoms. The zero-order valence-electron chi connectivity index (χ0n) is 20.1. The summed E-state index contributed by atoms with van der Waals surface area (Å²) in [5.74, 6) is -2.53. The molecule has 0 N–H and O–H groups in total. The van der Waals surface area contributed by atoms with Gasteiger partial charge in [0.1, 0.15) is 18.7 Å². The lowest BCUT2D eigenvalue weighted by Crippen LogP contribution is -2.68. The molecule has 35 heavy (non-hydrogen) atoms. The predicted octanol–water partition coefficient (Wildman–Crippen LogP) is 6.73. The number of para-hydroxylation sites is 1. The van der Waals surface area contributed by atoms with Gasteiger partial charge >= 0.3 is 0 Å². The van der Waals surface area contributed by atoms with Gasteiger partial charge in [0.05, 0.1) is 25.2 Å². The molecule has 184 valence electrons. The molecule has 6 heteroatoms. The molecule has 6 rings (SSSR count). The Labute approximate surface area is 204 Å². The fourth-order valence-corrected chi connectivity index (χ4v) is 6.62. The highest BCUT2D eigenvalue weighted by molar-refractivity contribution is 5.82. The van der Waals surface area contributed by atoms with E-state index in [0.717, 1.165) is 54.9 Å². The minimum Gasteiger partial charge on any atom is -0.363 e.